The Hall–Kier alpha value is -3.19. The summed E-state index contributed by atoms with van der Waals surface area (Å²) in [6.45, 7) is 5.04. The molecule has 0 aliphatic rings. The largest absolute Gasteiger partial charge is 0.371 e. The molecule has 3 rings (SSSR count). The average molecular weight is 384 g/mol. The number of nitrogens with one attached hydrogen (secondary N) is 1. The summed E-state index contributed by atoms with van der Waals surface area (Å²) in [5.41, 5.74) is 2.58. The Bertz CT molecular complexity index is 1080. The van der Waals surface area contributed by atoms with Gasteiger partial charge in [0.25, 0.3) is 0 Å². The highest BCUT2D eigenvalue weighted by molar-refractivity contribution is 6.31. The lowest BCUT2D eigenvalue weighted by atomic mass is 10.2. The van der Waals surface area contributed by atoms with Gasteiger partial charge in [0.05, 0.1) is 11.9 Å². The number of aromatic nitrogens is 3. The molecule has 0 bridgehead atoms. The van der Waals surface area contributed by atoms with Gasteiger partial charge < -0.3 is 5.32 Å². The zero-order chi connectivity index (χ0) is 19.6. The first kappa shape index (κ1) is 18.6. The van der Waals surface area contributed by atoms with Crippen LogP contribution in [-0.2, 0) is 4.79 Å². The van der Waals surface area contributed by atoms with Crippen molar-refractivity contribution in [2.75, 3.05) is 5.32 Å². The van der Waals surface area contributed by atoms with Gasteiger partial charge in [-0.15, -0.1) is 5.10 Å². The molecule has 27 heavy (non-hydrogen) atoms. The SMILES string of the molecule is CC(=O)Nc1ccc(/C=N/n2c(C)nn(-c3ccc(C)c(Cl)c3)c2=O)cc1. The minimum absolute atomic E-state index is 0.137. The van der Waals surface area contributed by atoms with Gasteiger partial charge >= 0.3 is 5.69 Å². The molecule has 0 saturated carbocycles. The van der Waals surface area contributed by atoms with Crippen LogP contribution >= 0.6 is 11.6 Å². The molecular weight excluding hydrogens is 366 g/mol. The lowest BCUT2D eigenvalue weighted by Crippen LogP contribution is -2.22. The van der Waals surface area contributed by atoms with Crippen molar-refractivity contribution in [3.05, 3.63) is 74.9 Å². The van der Waals surface area contributed by atoms with Gasteiger partial charge in [-0.3, -0.25) is 4.79 Å². The third-order valence-electron chi connectivity index (χ3n) is 3.87. The van der Waals surface area contributed by atoms with Gasteiger partial charge in [0.15, 0.2) is 5.82 Å². The summed E-state index contributed by atoms with van der Waals surface area (Å²) in [5.74, 6) is 0.310. The van der Waals surface area contributed by atoms with Gasteiger partial charge in [0.1, 0.15) is 0 Å². The number of anilines is 1. The van der Waals surface area contributed by atoms with Crippen molar-refractivity contribution in [1.82, 2.24) is 14.5 Å². The maximum Gasteiger partial charge on any atom is 0.371 e. The van der Waals surface area contributed by atoms with E-state index in [1.807, 2.05) is 13.0 Å². The normalized spacial score (nSPS) is 11.1. The minimum atomic E-state index is -0.390. The van der Waals surface area contributed by atoms with Crippen LogP contribution in [0.2, 0.25) is 5.02 Å². The van der Waals surface area contributed by atoms with Crippen LogP contribution in [0.1, 0.15) is 23.9 Å². The number of nitrogens with zero attached hydrogens (tertiary/aromatic N) is 4. The predicted octanol–water partition coefficient (Wildman–Crippen LogP) is 3.14. The van der Waals surface area contributed by atoms with Crippen LogP contribution in [0.5, 0.6) is 0 Å². The number of halogens is 1. The first-order valence-corrected chi connectivity index (χ1v) is 8.60. The van der Waals surface area contributed by atoms with E-state index in [-0.39, 0.29) is 5.91 Å². The van der Waals surface area contributed by atoms with Crippen LogP contribution in [0, 0.1) is 13.8 Å². The summed E-state index contributed by atoms with van der Waals surface area (Å²) in [4.78, 5) is 23.7. The first-order valence-electron chi connectivity index (χ1n) is 8.22. The van der Waals surface area contributed by atoms with Crippen LogP contribution < -0.4 is 11.0 Å². The molecule has 0 aliphatic carbocycles. The molecule has 138 valence electrons. The van der Waals surface area contributed by atoms with Gasteiger partial charge in [-0.1, -0.05) is 29.8 Å². The molecule has 0 radical (unpaired) electrons. The van der Waals surface area contributed by atoms with Gasteiger partial charge in [-0.05, 0) is 49.2 Å². The molecule has 1 amide bonds. The number of amides is 1. The number of carbonyl (C=O) groups is 1. The van der Waals surface area contributed by atoms with Crippen LogP contribution in [0.3, 0.4) is 0 Å². The lowest BCUT2D eigenvalue weighted by Gasteiger charge is -2.02. The zero-order valence-electron chi connectivity index (χ0n) is 15.1. The smallest absolute Gasteiger partial charge is 0.326 e. The molecule has 0 spiro atoms. The van der Waals surface area contributed by atoms with E-state index in [1.165, 1.54) is 16.3 Å². The van der Waals surface area contributed by atoms with Gasteiger partial charge in [-0.2, -0.15) is 14.5 Å². The van der Waals surface area contributed by atoms with Crippen molar-refractivity contribution in [2.24, 2.45) is 5.10 Å². The second kappa shape index (κ2) is 7.59. The van der Waals surface area contributed by atoms with E-state index in [0.29, 0.717) is 22.2 Å². The van der Waals surface area contributed by atoms with Gasteiger partial charge in [-0.25, -0.2) is 4.79 Å². The molecule has 0 unspecified atom stereocenters. The number of rotatable bonds is 4. The summed E-state index contributed by atoms with van der Waals surface area (Å²) >= 11 is 6.14. The van der Waals surface area contributed by atoms with E-state index in [0.717, 1.165) is 11.1 Å². The molecule has 0 aliphatic heterocycles. The molecule has 7 nitrogen and oxygen atoms in total. The van der Waals surface area contributed by atoms with Crippen molar-refractivity contribution in [2.45, 2.75) is 20.8 Å². The number of hydrogen-bond acceptors (Lipinski definition) is 4. The molecule has 0 fully saturated rings. The topological polar surface area (TPSA) is 81.3 Å². The van der Waals surface area contributed by atoms with Gasteiger partial charge in [0, 0.05) is 17.6 Å². The standard InChI is InChI=1S/C19H18ClN5O2/c1-12-4-9-17(10-18(12)20)25-19(27)24(13(2)23-25)21-11-15-5-7-16(8-6-15)22-14(3)26/h4-11H,1-3H3,(H,22,26)/b21-11+. The van der Waals surface area contributed by atoms with Crippen LogP contribution in [0.25, 0.3) is 5.69 Å². The third-order valence-corrected chi connectivity index (χ3v) is 4.27. The van der Waals surface area contributed by atoms with E-state index in [1.54, 1.807) is 49.5 Å². The highest BCUT2D eigenvalue weighted by Gasteiger charge is 2.11. The highest BCUT2D eigenvalue weighted by atomic mass is 35.5. The molecule has 3 aromatic rings. The summed E-state index contributed by atoms with van der Waals surface area (Å²) in [6.07, 6.45) is 1.56. The molecule has 8 heteroatoms. The molecule has 1 aromatic heterocycles. The quantitative estimate of drug-likeness (QED) is 0.702. The number of benzene rings is 2. The molecular formula is C19H18ClN5O2. The maximum absolute atomic E-state index is 12.6. The Balaban J connectivity index is 1.88. The zero-order valence-corrected chi connectivity index (χ0v) is 15.9. The first-order chi connectivity index (χ1) is 12.8. The van der Waals surface area contributed by atoms with E-state index in [2.05, 4.69) is 15.5 Å². The fourth-order valence-corrected chi connectivity index (χ4v) is 2.63. The Morgan fingerprint density at radius 3 is 2.52 bits per heavy atom. The van der Waals surface area contributed by atoms with Gasteiger partial charge in [0.2, 0.25) is 5.91 Å². The summed E-state index contributed by atoms with van der Waals surface area (Å²) in [7, 11) is 0. The maximum atomic E-state index is 12.6. The van der Waals surface area contributed by atoms with Crippen LogP contribution in [-0.4, -0.2) is 26.6 Å². The average Bonchev–Trinajstić information content (AvgIpc) is 2.90. The number of carbonyl (C=O) groups excluding carboxylic acids is 1. The number of aryl methyl sites for hydroxylation is 2. The van der Waals surface area contributed by atoms with Crippen molar-refractivity contribution >= 4 is 29.4 Å². The van der Waals surface area contributed by atoms with Crippen molar-refractivity contribution < 1.29 is 4.79 Å². The summed E-state index contributed by atoms with van der Waals surface area (Å²) < 4.78 is 2.48. The third kappa shape index (κ3) is 4.15. The van der Waals surface area contributed by atoms with Crippen molar-refractivity contribution in [1.29, 1.82) is 0 Å². The number of hydrogen-bond donors (Lipinski definition) is 1. The summed E-state index contributed by atoms with van der Waals surface area (Å²) in [6, 6.07) is 12.4. The predicted molar refractivity (Wildman–Crippen MR) is 106 cm³/mol. The highest BCUT2D eigenvalue weighted by Crippen LogP contribution is 2.18. The monoisotopic (exact) mass is 383 g/mol. The molecule has 1 heterocycles. The van der Waals surface area contributed by atoms with E-state index >= 15 is 0 Å². The second-order valence-corrected chi connectivity index (χ2v) is 6.44. The molecule has 1 N–H and O–H groups in total. The fraction of sp³-hybridized carbons (Fsp3) is 0.158. The van der Waals surface area contributed by atoms with Crippen molar-refractivity contribution in [3.8, 4) is 5.69 Å². The lowest BCUT2D eigenvalue weighted by molar-refractivity contribution is -0.114. The minimum Gasteiger partial charge on any atom is -0.326 e. The Morgan fingerprint density at radius 1 is 1.19 bits per heavy atom. The Morgan fingerprint density at radius 2 is 1.89 bits per heavy atom. The molecule has 2 aromatic carbocycles. The molecule has 0 saturated heterocycles. The molecule has 0 atom stereocenters. The van der Waals surface area contributed by atoms with Crippen LogP contribution in [0.4, 0.5) is 5.69 Å². The van der Waals surface area contributed by atoms with Crippen LogP contribution in [0.15, 0.2) is 52.4 Å². The van der Waals surface area contributed by atoms with Crippen molar-refractivity contribution in [3.63, 3.8) is 0 Å². The van der Waals surface area contributed by atoms with E-state index in [9.17, 15) is 9.59 Å². The van der Waals surface area contributed by atoms with E-state index in [4.69, 9.17) is 11.6 Å². The van der Waals surface area contributed by atoms with E-state index < -0.39 is 5.69 Å². The Kier molecular flexibility index (Phi) is 5.23. The second-order valence-electron chi connectivity index (χ2n) is 6.03. The Labute approximate surface area is 160 Å². The summed E-state index contributed by atoms with van der Waals surface area (Å²) in [5, 5.41) is 11.7. The fourth-order valence-electron chi connectivity index (χ4n) is 2.45.